The predicted molar refractivity (Wildman–Crippen MR) is 94.3 cm³/mol. The summed E-state index contributed by atoms with van der Waals surface area (Å²) in [6.07, 6.45) is 4.82. The van der Waals surface area contributed by atoms with Gasteiger partial charge in [0.25, 0.3) is 11.1 Å². The lowest BCUT2D eigenvalue weighted by atomic mass is 10.0. The van der Waals surface area contributed by atoms with Crippen LogP contribution in [-0.2, 0) is 27.2 Å². The quantitative estimate of drug-likeness (QED) is 0.593. The number of thioether (sulfide) groups is 1. The molecule has 0 atom stereocenters. The standard InChI is InChI=1S/C18H19NO5S/c1-3-24-14-8-12-6-4-5-11(12)7-13(14)9-15-17(21)19(18(22)25-15)10-16(20)23-2/h7-9H,3-6,10H2,1-2H3. The third kappa shape index (κ3) is 3.56. The Labute approximate surface area is 150 Å². The maximum absolute atomic E-state index is 12.4. The molecule has 1 aromatic carbocycles. The number of ether oxygens (including phenoxy) is 2. The highest BCUT2D eigenvalue weighted by molar-refractivity contribution is 8.18. The molecule has 1 aliphatic heterocycles. The summed E-state index contributed by atoms with van der Waals surface area (Å²) in [5.41, 5.74) is 3.31. The predicted octanol–water partition coefficient (Wildman–Crippen LogP) is 2.78. The van der Waals surface area contributed by atoms with E-state index in [1.807, 2.05) is 19.1 Å². The molecule has 7 heteroatoms. The van der Waals surface area contributed by atoms with Gasteiger partial charge >= 0.3 is 5.97 Å². The molecule has 1 fully saturated rings. The number of hydrogen-bond acceptors (Lipinski definition) is 6. The smallest absolute Gasteiger partial charge is 0.325 e. The van der Waals surface area contributed by atoms with Crippen LogP contribution in [-0.4, -0.2) is 42.3 Å². The van der Waals surface area contributed by atoms with Crippen molar-refractivity contribution in [2.75, 3.05) is 20.3 Å². The van der Waals surface area contributed by atoms with Crippen molar-refractivity contribution in [1.29, 1.82) is 0 Å². The zero-order valence-electron chi connectivity index (χ0n) is 14.2. The second-order valence-corrected chi connectivity index (χ2v) is 6.78. The van der Waals surface area contributed by atoms with Gasteiger partial charge in [0.05, 0.1) is 18.6 Å². The van der Waals surface area contributed by atoms with Crippen LogP contribution in [0.5, 0.6) is 5.75 Å². The van der Waals surface area contributed by atoms with Gasteiger partial charge in [-0.25, -0.2) is 0 Å². The second kappa shape index (κ2) is 7.31. The van der Waals surface area contributed by atoms with Crippen molar-refractivity contribution in [2.45, 2.75) is 26.2 Å². The average molecular weight is 361 g/mol. The van der Waals surface area contributed by atoms with Crippen molar-refractivity contribution in [3.8, 4) is 5.75 Å². The minimum Gasteiger partial charge on any atom is -0.493 e. The van der Waals surface area contributed by atoms with Gasteiger partial charge in [0.1, 0.15) is 12.3 Å². The third-order valence-electron chi connectivity index (χ3n) is 4.20. The Morgan fingerprint density at radius 2 is 2.00 bits per heavy atom. The SMILES string of the molecule is CCOc1cc2c(cc1C=C1SC(=O)N(CC(=O)OC)C1=O)CCC2. The van der Waals surface area contributed by atoms with Crippen molar-refractivity contribution in [1.82, 2.24) is 4.90 Å². The largest absolute Gasteiger partial charge is 0.493 e. The normalized spacial score (nSPS) is 18.0. The van der Waals surface area contributed by atoms with Crippen LogP contribution in [0.1, 0.15) is 30.0 Å². The maximum atomic E-state index is 12.4. The molecule has 0 saturated carbocycles. The first-order valence-electron chi connectivity index (χ1n) is 8.14. The fourth-order valence-corrected chi connectivity index (χ4v) is 3.81. The number of carbonyl (C=O) groups is 3. The van der Waals surface area contributed by atoms with E-state index >= 15 is 0 Å². The van der Waals surface area contributed by atoms with Crippen molar-refractivity contribution in [2.24, 2.45) is 0 Å². The molecule has 0 aromatic heterocycles. The molecule has 1 aromatic rings. The Morgan fingerprint density at radius 3 is 2.68 bits per heavy atom. The van der Waals surface area contributed by atoms with E-state index in [2.05, 4.69) is 4.74 Å². The number of benzene rings is 1. The molecule has 25 heavy (non-hydrogen) atoms. The van der Waals surface area contributed by atoms with Gasteiger partial charge in [0.2, 0.25) is 0 Å². The topological polar surface area (TPSA) is 72.9 Å². The average Bonchev–Trinajstić information content (AvgIpc) is 3.14. The van der Waals surface area contributed by atoms with Crippen LogP contribution in [0.4, 0.5) is 4.79 Å². The summed E-state index contributed by atoms with van der Waals surface area (Å²) in [6.45, 7) is 2.05. The fourth-order valence-electron chi connectivity index (χ4n) is 2.99. The number of fused-ring (bicyclic) bond motifs is 1. The number of amides is 2. The first kappa shape index (κ1) is 17.5. The highest BCUT2D eigenvalue weighted by Gasteiger charge is 2.36. The summed E-state index contributed by atoms with van der Waals surface area (Å²) in [7, 11) is 1.22. The molecule has 0 bridgehead atoms. The van der Waals surface area contributed by atoms with E-state index in [0.29, 0.717) is 12.4 Å². The van der Waals surface area contributed by atoms with E-state index in [9.17, 15) is 14.4 Å². The number of aryl methyl sites for hydroxylation is 2. The van der Waals surface area contributed by atoms with Crippen molar-refractivity contribution in [3.05, 3.63) is 33.7 Å². The molecule has 1 saturated heterocycles. The molecule has 0 N–H and O–H groups in total. The van der Waals surface area contributed by atoms with Crippen LogP contribution in [0, 0.1) is 0 Å². The summed E-state index contributed by atoms with van der Waals surface area (Å²) in [4.78, 5) is 37.0. The van der Waals surface area contributed by atoms with Gasteiger partial charge < -0.3 is 9.47 Å². The molecular weight excluding hydrogens is 342 g/mol. The van der Waals surface area contributed by atoms with E-state index in [4.69, 9.17) is 4.74 Å². The number of nitrogens with zero attached hydrogens (tertiary/aromatic N) is 1. The maximum Gasteiger partial charge on any atom is 0.325 e. The molecule has 0 unspecified atom stereocenters. The van der Waals surface area contributed by atoms with Gasteiger partial charge in [-0.2, -0.15) is 0 Å². The van der Waals surface area contributed by atoms with Crippen LogP contribution in [0.2, 0.25) is 0 Å². The van der Waals surface area contributed by atoms with E-state index in [0.717, 1.165) is 41.5 Å². The lowest BCUT2D eigenvalue weighted by Crippen LogP contribution is -2.34. The highest BCUT2D eigenvalue weighted by atomic mass is 32.2. The molecule has 1 heterocycles. The first-order valence-corrected chi connectivity index (χ1v) is 8.96. The van der Waals surface area contributed by atoms with Crippen LogP contribution in [0.3, 0.4) is 0 Å². The van der Waals surface area contributed by atoms with E-state index < -0.39 is 17.1 Å². The molecule has 2 amide bonds. The number of carbonyl (C=O) groups excluding carboxylic acids is 3. The van der Waals surface area contributed by atoms with Crippen molar-refractivity contribution >= 4 is 35.0 Å². The van der Waals surface area contributed by atoms with Crippen LogP contribution in [0.25, 0.3) is 6.08 Å². The van der Waals surface area contributed by atoms with Crippen LogP contribution in [0.15, 0.2) is 17.0 Å². The zero-order valence-corrected chi connectivity index (χ0v) is 15.0. The molecule has 6 nitrogen and oxygen atoms in total. The van der Waals surface area contributed by atoms with Gasteiger partial charge in [0, 0.05) is 5.56 Å². The van der Waals surface area contributed by atoms with Gasteiger partial charge in [-0.1, -0.05) is 0 Å². The zero-order chi connectivity index (χ0) is 18.0. The lowest BCUT2D eigenvalue weighted by Gasteiger charge is -2.11. The Hall–Kier alpha value is -2.28. The third-order valence-corrected chi connectivity index (χ3v) is 5.11. The Morgan fingerprint density at radius 1 is 1.28 bits per heavy atom. The number of methoxy groups -OCH3 is 1. The minimum absolute atomic E-state index is 0.285. The highest BCUT2D eigenvalue weighted by Crippen LogP contribution is 2.36. The molecule has 0 radical (unpaired) electrons. The van der Waals surface area contributed by atoms with E-state index in [-0.39, 0.29) is 11.4 Å². The molecule has 132 valence electrons. The summed E-state index contributed by atoms with van der Waals surface area (Å²) in [6, 6.07) is 4.05. The van der Waals surface area contributed by atoms with Gasteiger partial charge in [-0.15, -0.1) is 0 Å². The summed E-state index contributed by atoms with van der Waals surface area (Å²) in [5.74, 6) is -0.401. The van der Waals surface area contributed by atoms with Gasteiger partial charge in [-0.3, -0.25) is 19.3 Å². The minimum atomic E-state index is -0.629. The number of hydrogen-bond donors (Lipinski definition) is 0. The van der Waals surface area contributed by atoms with E-state index in [1.165, 1.54) is 18.2 Å². The van der Waals surface area contributed by atoms with Gasteiger partial charge in [-0.05, 0) is 67.3 Å². The lowest BCUT2D eigenvalue weighted by molar-refractivity contribution is -0.143. The Bertz CT molecular complexity index is 771. The molecule has 0 spiro atoms. The number of rotatable bonds is 5. The summed E-state index contributed by atoms with van der Waals surface area (Å²) in [5, 5.41) is -0.472. The van der Waals surface area contributed by atoms with Crippen molar-refractivity contribution in [3.63, 3.8) is 0 Å². The number of imide groups is 1. The molecular formula is C18H19NO5S. The second-order valence-electron chi connectivity index (χ2n) is 5.79. The monoisotopic (exact) mass is 361 g/mol. The Kier molecular flexibility index (Phi) is 5.13. The van der Waals surface area contributed by atoms with Crippen LogP contribution < -0.4 is 4.74 Å². The van der Waals surface area contributed by atoms with Crippen LogP contribution >= 0.6 is 11.8 Å². The summed E-state index contributed by atoms with van der Waals surface area (Å²) >= 11 is 0.824. The van der Waals surface area contributed by atoms with Crippen molar-refractivity contribution < 1.29 is 23.9 Å². The van der Waals surface area contributed by atoms with E-state index in [1.54, 1.807) is 6.08 Å². The molecule has 2 aliphatic rings. The number of esters is 1. The Balaban J connectivity index is 1.91. The fraction of sp³-hybridized carbons (Fsp3) is 0.389. The molecule has 3 rings (SSSR count). The first-order chi connectivity index (χ1) is 12.0. The molecule has 1 aliphatic carbocycles. The van der Waals surface area contributed by atoms with Gasteiger partial charge in [0.15, 0.2) is 0 Å². The summed E-state index contributed by atoms with van der Waals surface area (Å²) < 4.78 is 10.2.